The van der Waals surface area contributed by atoms with Crippen LogP contribution in [-0.4, -0.2) is 16.5 Å². The zero-order valence-electron chi connectivity index (χ0n) is 12.9. The number of anilines is 1. The fourth-order valence-corrected chi connectivity index (χ4v) is 2.59. The van der Waals surface area contributed by atoms with Crippen LogP contribution in [0, 0.1) is 9.49 Å². The summed E-state index contributed by atoms with van der Waals surface area (Å²) in [5.74, 6) is 2.38. The normalized spacial score (nSPS) is 10.9. The van der Waals surface area contributed by atoms with Crippen molar-refractivity contribution in [2.24, 2.45) is 5.92 Å². The maximum atomic E-state index is 4.64. The van der Waals surface area contributed by atoms with Gasteiger partial charge in [0.1, 0.15) is 5.82 Å². The molecule has 0 aliphatic heterocycles. The van der Waals surface area contributed by atoms with E-state index in [0.29, 0.717) is 5.92 Å². The molecule has 0 aliphatic rings. The molecule has 1 N–H and O–H groups in total. The fraction of sp³-hybridized carbons (Fsp3) is 0.412. The number of benzene rings is 1. The Labute approximate surface area is 140 Å². The highest BCUT2D eigenvalue weighted by molar-refractivity contribution is 14.1. The molecule has 2 aromatic rings. The Morgan fingerprint density at radius 1 is 1.19 bits per heavy atom. The fourth-order valence-electron chi connectivity index (χ4n) is 2.13. The van der Waals surface area contributed by atoms with Crippen LogP contribution in [-0.2, 0) is 6.42 Å². The summed E-state index contributed by atoms with van der Waals surface area (Å²) in [5, 5.41) is 3.35. The van der Waals surface area contributed by atoms with Gasteiger partial charge in [0.15, 0.2) is 5.82 Å². The Balaban J connectivity index is 2.21. The van der Waals surface area contributed by atoms with E-state index in [2.05, 4.69) is 82.9 Å². The van der Waals surface area contributed by atoms with Crippen molar-refractivity contribution in [2.75, 3.05) is 11.9 Å². The lowest BCUT2D eigenvalue weighted by Gasteiger charge is -2.09. The van der Waals surface area contributed by atoms with Gasteiger partial charge < -0.3 is 5.32 Å². The third-order valence-corrected chi connectivity index (χ3v) is 3.93. The molecule has 4 heteroatoms. The largest absolute Gasteiger partial charge is 0.369 e. The molecule has 0 spiro atoms. The number of halogens is 1. The van der Waals surface area contributed by atoms with Crippen LogP contribution < -0.4 is 5.32 Å². The maximum Gasteiger partial charge on any atom is 0.161 e. The van der Waals surface area contributed by atoms with E-state index in [4.69, 9.17) is 0 Å². The molecule has 0 bridgehead atoms. The van der Waals surface area contributed by atoms with E-state index in [1.807, 2.05) is 6.20 Å². The third-order valence-electron chi connectivity index (χ3n) is 3.14. The van der Waals surface area contributed by atoms with Crippen molar-refractivity contribution >= 4 is 28.4 Å². The van der Waals surface area contributed by atoms with Gasteiger partial charge in [-0.1, -0.05) is 45.0 Å². The molecule has 0 amide bonds. The summed E-state index contributed by atoms with van der Waals surface area (Å²) in [7, 11) is 0. The minimum atomic E-state index is 0.676. The van der Waals surface area contributed by atoms with Crippen LogP contribution in [0.2, 0.25) is 0 Å². The summed E-state index contributed by atoms with van der Waals surface area (Å²) in [6, 6.07) is 8.58. The minimum Gasteiger partial charge on any atom is -0.369 e. The van der Waals surface area contributed by atoms with Crippen molar-refractivity contribution in [3.63, 3.8) is 0 Å². The summed E-state index contributed by atoms with van der Waals surface area (Å²) in [5.41, 5.74) is 2.43. The van der Waals surface area contributed by atoms with E-state index in [1.54, 1.807) is 0 Å². The molecule has 21 heavy (non-hydrogen) atoms. The Morgan fingerprint density at radius 2 is 1.90 bits per heavy atom. The number of nitrogens with one attached hydrogen (secondary N) is 1. The lowest BCUT2D eigenvalue weighted by atomic mass is 10.0. The van der Waals surface area contributed by atoms with E-state index in [1.165, 1.54) is 5.56 Å². The Morgan fingerprint density at radius 3 is 2.52 bits per heavy atom. The Hall–Kier alpha value is -1.17. The molecular weight excluding hydrogens is 373 g/mol. The third kappa shape index (κ3) is 4.66. The molecule has 0 saturated heterocycles. The van der Waals surface area contributed by atoms with Crippen molar-refractivity contribution in [1.82, 2.24) is 9.97 Å². The molecule has 0 radical (unpaired) electrons. The first-order valence-corrected chi connectivity index (χ1v) is 8.53. The monoisotopic (exact) mass is 395 g/mol. The van der Waals surface area contributed by atoms with Crippen LogP contribution in [0.25, 0.3) is 11.4 Å². The highest BCUT2D eigenvalue weighted by atomic mass is 127. The van der Waals surface area contributed by atoms with Crippen molar-refractivity contribution < 1.29 is 0 Å². The molecule has 1 heterocycles. The van der Waals surface area contributed by atoms with Gasteiger partial charge in [0, 0.05) is 18.3 Å². The van der Waals surface area contributed by atoms with Gasteiger partial charge in [0.25, 0.3) is 0 Å². The minimum absolute atomic E-state index is 0.676. The molecule has 0 fully saturated rings. The van der Waals surface area contributed by atoms with Crippen LogP contribution in [0.5, 0.6) is 0 Å². The van der Waals surface area contributed by atoms with Crippen molar-refractivity contribution in [2.45, 2.75) is 33.6 Å². The summed E-state index contributed by atoms with van der Waals surface area (Å²) in [6.07, 6.45) is 4.07. The maximum absolute atomic E-state index is 4.64. The van der Waals surface area contributed by atoms with Gasteiger partial charge in [-0.2, -0.15) is 0 Å². The van der Waals surface area contributed by atoms with Crippen molar-refractivity contribution in [1.29, 1.82) is 0 Å². The lowest BCUT2D eigenvalue weighted by Crippen LogP contribution is -2.05. The predicted octanol–water partition coefficient (Wildman–Crippen LogP) is 4.77. The molecule has 1 aromatic heterocycles. The number of hydrogen-bond acceptors (Lipinski definition) is 3. The lowest BCUT2D eigenvalue weighted by molar-refractivity contribution is 0.647. The number of hydrogen-bond donors (Lipinski definition) is 1. The van der Waals surface area contributed by atoms with Crippen LogP contribution in [0.15, 0.2) is 30.5 Å². The smallest absolute Gasteiger partial charge is 0.161 e. The van der Waals surface area contributed by atoms with Gasteiger partial charge in [0.05, 0.1) is 3.57 Å². The molecule has 0 saturated carbocycles. The average Bonchev–Trinajstić information content (AvgIpc) is 2.47. The summed E-state index contributed by atoms with van der Waals surface area (Å²) >= 11 is 2.27. The van der Waals surface area contributed by atoms with Gasteiger partial charge in [-0.3, -0.25) is 0 Å². The Kier molecular flexibility index (Phi) is 5.96. The van der Waals surface area contributed by atoms with Crippen LogP contribution >= 0.6 is 22.6 Å². The van der Waals surface area contributed by atoms with Crippen molar-refractivity contribution in [3.8, 4) is 11.4 Å². The van der Waals surface area contributed by atoms with Gasteiger partial charge in [-0.25, -0.2) is 9.97 Å². The second-order valence-electron chi connectivity index (χ2n) is 5.61. The highest BCUT2D eigenvalue weighted by Crippen LogP contribution is 2.21. The number of nitrogens with zero attached hydrogens (tertiary/aromatic N) is 2. The summed E-state index contributed by atoms with van der Waals surface area (Å²) in [4.78, 5) is 9.09. The standard InChI is InChI=1S/C17H22IN3/c1-4-9-19-17-15(18)11-20-16(21-17)14-7-5-13(6-8-14)10-12(2)3/h5-8,11-12H,4,9-10H2,1-3H3,(H,19,20,21). The first kappa shape index (κ1) is 16.2. The van der Waals surface area contributed by atoms with Gasteiger partial charge >= 0.3 is 0 Å². The zero-order chi connectivity index (χ0) is 15.2. The average molecular weight is 395 g/mol. The van der Waals surface area contributed by atoms with Crippen LogP contribution in [0.3, 0.4) is 0 Å². The second-order valence-corrected chi connectivity index (χ2v) is 6.77. The van der Waals surface area contributed by atoms with E-state index in [-0.39, 0.29) is 0 Å². The first-order chi connectivity index (χ1) is 10.1. The van der Waals surface area contributed by atoms with Gasteiger partial charge in [0.2, 0.25) is 0 Å². The van der Waals surface area contributed by atoms with Crippen LogP contribution in [0.1, 0.15) is 32.8 Å². The number of aromatic nitrogens is 2. The molecule has 0 unspecified atom stereocenters. The zero-order valence-corrected chi connectivity index (χ0v) is 15.0. The summed E-state index contributed by atoms with van der Waals surface area (Å²) in [6.45, 7) is 7.55. The molecule has 0 atom stereocenters. The summed E-state index contributed by atoms with van der Waals surface area (Å²) < 4.78 is 1.06. The Bertz CT molecular complexity index is 579. The van der Waals surface area contributed by atoms with Crippen LogP contribution in [0.4, 0.5) is 5.82 Å². The second kappa shape index (κ2) is 7.73. The predicted molar refractivity (Wildman–Crippen MR) is 97.5 cm³/mol. The molecular formula is C17H22IN3. The van der Waals surface area contributed by atoms with E-state index < -0.39 is 0 Å². The number of rotatable bonds is 6. The molecule has 2 rings (SSSR count). The first-order valence-electron chi connectivity index (χ1n) is 7.46. The molecule has 112 valence electrons. The van der Waals surface area contributed by atoms with E-state index in [9.17, 15) is 0 Å². The topological polar surface area (TPSA) is 37.8 Å². The van der Waals surface area contributed by atoms with E-state index >= 15 is 0 Å². The SMILES string of the molecule is CCCNc1nc(-c2ccc(CC(C)C)cc2)ncc1I. The highest BCUT2D eigenvalue weighted by Gasteiger charge is 2.07. The van der Waals surface area contributed by atoms with Crippen molar-refractivity contribution in [3.05, 3.63) is 39.6 Å². The van der Waals surface area contributed by atoms with E-state index in [0.717, 1.165) is 40.2 Å². The molecule has 1 aromatic carbocycles. The molecule has 0 aliphatic carbocycles. The quantitative estimate of drug-likeness (QED) is 0.717. The molecule has 3 nitrogen and oxygen atoms in total. The van der Waals surface area contributed by atoms with Gasteiger partial charge in [-0.05, 0) is 46.9 Å². The van der Waals surface area contributed by atoms with Gasteiger partial charge in [-0.15, -0.1) is 0 Å².